The van der Waals surface area contributed by atoms with Gasteiger partial charge in [0.25, 0.3) is 0 Å². The topological polar surface area (TPSA) is 30.0 Å². The van der Waals surface area contributed by atoms with Crippen LogP contribution in [0.1, 0.15) is 15.9 Å². The third kappa shape index (κ3) is 2.16. The van der Waals surface area contributed by atoms with E-state index in [9.17, 15) is 13.6 Å². The SMILES string of the molecule is O=C(c1ccc(F)c(F)c1)c1cnc2ccccc2c1. The molecular formula is C16H9F2NO. The van der Waals surface area contributed by atoms with Crippen molar-refractivity contribution < 1.29 is 13.6 Å². The van der Waals surface area contributed by atoms with Crippen LogP contribution in [0, 0.1) is 11.6 Å². The number of rotatable bonds is 2. The van der Waals surface area contributed by atoms with E-state index in [1.54, 1.807) is 6.07 Å². The summed E-state index contributed by atoms with van der Waals surface area (Å²) in [7, 11) is 0. The Morgan fingerprint density at radius 2 is 1.70 bits per heavy atom. The molecule has 20 heavy (non-hydrogen) atoms. The van der Waals surface area contributed by atoms with Gasteiger partial charge < -0.3 is 0 Å². The molecule has 0 aliphatic carbocycles. The van der Waals surface area contributed by atoms with Gasteiger partial charge in [-0.2, -0.15) is 0 Å². The lowest BCUT2D eigenvalue weighted by molar-refractivity contribution is 0.103. The molecular weight excluding hydrogens is 260 g/mol. The van der Waals surface area contributed by atoms with Gasteiger partial charge in [0.1, 0.15) is 0 Å². The van der Waals surface area contributed by atoms with Crippen LogP contribution in [0.25, 0.3) is 10.9 Å². The fourth-order valence-electron chi connectivity index (χ4n) is 2.00. The van der Waals surface area contributed by atoms with E-state index < -0.39 is 11.6 Å². The normalized spacial score (nSPS) is 10.7. The number of nitrogens with zero attached hydrogens (tertiary/aromatic N) is 1. The highest BCUT2D eigenvalue weighted by molar-refractivity contribution is 6.10. The first-order valence-corrected chi connectivity index (χ1v) is 6.00. The number of ketones is 1. The molecule has 0 radical (unpaired) electrons. The van der Waals surface area contributed by atoms with Gasteiger partial charge in [0.2, 0.25) is 0 Å². The summed E-state index contributed by atoms with van der Waals surface area (Å²) in [5.74, 6) is -2.40. The number of hydrogen-bond donors (Lipinski definition) is 0. The van der Waals surface area contributed by atoms with E-state index >= 15 is 0 Å². The van der Waals surface area contributed by atoms with Gasteiger partial charge in [-0.3, -0.25) is 9.78 Å². The molecule has 3 aromatic rings. The molecule has 0 amide bonds. The number of hydrogen-bond acceptors (Lipinski definition) is 2. The lowest BCUT2D eigenvalue weighted by atomic mass is 10.0. The van der Waals surface area contributed by atoms with E-state index in [0.29, 0.717) is 5.56 Å². The van der Waals surface area contributed by atoms with Crippen LogP contribution >= 0.6 is 0 Å². The van der Waals surface area contributed by atoms with Crippen LogP contribution in [0.4, 0.5) is 8.78 Å². The first kappa shape index (κ1) is 12.4. The van der Waals surface area contributed by atoms with Crippen molar-refractivity contribution in [1.82, 2.24) is 4.98 Å². The van der Waals surface area contributed by atoms with Gasteiger partial charge in [0.05, 0.1) is 5.52 Å². The van der Waals surface area contributed by atoms with E-state index in [1.165, 1.54) is 12.3 Å². The largest absolute Gasteiger partial charge is 0.289 e. The molecule has 3 rings (SSSR count). The summed E-state index contributed by atoms with van der Waals surface area (Å²) in [5, 5.41) is 0.820. The summed E-state index contributed by atoms with van der Waals surface area (Å²) in [6, 6.07) is 12.2. The number of carbonyl (C=O) groups excluding carboxylic acids is 1. The third-order valence-corrected chi connectivity index (χ3v) is 3.03. The van der Waals surface area contributed by atoms with Crippen LogP contribution in [-0.4, -0.2) is 10.8 Å². The van der Waals surface area contributed by atoms with Crippen molar-refractivity contribution in [2.24, 2.45) is 0 Å². The number of aromatic nitrogens is 1. The summed E-state index contributed by atoms with van der Waals surface area (Å²) in [4.78, 5) is 16.4. The van der Waals surface area contributed by atoms with Crippen molar-refractivity contribution in [3.05, 3.63) is 77.5 Å². The molecule has 4 heteroatoms. The van der Waals surface area contributed by atoms with E-state index in [0.717, 1.165) is 23.0 Å². The molecule has 0 unspecified atom stereocenters. The lowest BCUT2D eigenvalue weighted by Gasteiger charge is -2.03. The van der Waals surface area contributed by atoms with Crippen LogP contribution in [0.2, 0.25) is 0 Å². The summed E-state index contributed by atoms with van der Waals surface area (Å²) in [6.45, 7) is 0. The Morgan fingerprint density at radius 1 is 0.900 bits per heavy atom. The molecule has 0 saturated heterocycles. The van der Waals surface area contributed by atoms with Gasteiger partial charge >= 0.3 is 0 Å². The number of pyridine rings is 1. The van der Waals surface area contributed by atoms with Crippen molar-refractivity contribution in [3.8, 4) is 0 Å². The highest BCUT2D eigenvalue weighted by Gasteiger charge is 2.12. The average molecular weight is 269 g/mol. The molecule has 2 aromatic carbocycles. The van der Waals surface area contributed by atoms with Crippen molar-refractivity contribution in [2.75, 3.05) is 0 Å². The van der Waals surface area contributed by atoms with Crippen LogP contribution in [0.5, 0.6) is 0 Å². The Hall–Kier alpha value is -2.62. The maximum absolute atomic E-state index is 13.2. The molecule has 0 fully saturated rings. The van der Waals surface area contributed by atoms with Crippen molar-refractivity contribution in [1.29, 1.82) is 0 Å². The Labute approximate surface area is 113 Å². The zero-order chi connectivity index (χ0) is 14.1. The first-order chi connectivity index (χ1) is 9.65. The minimum absolute atomic E-state index is 0.0981. The molecule has 1 heterocycles. The highest BCUT2D eigenvalue weighted by Crippen LogP contribution is 2.17. The molecule has 0 aliphatic rings. The van der Waals surface area contributed by atoms with E-state index in [-0.39, 0.29) is 11.3 Å². The third-order valence-electron chi connectivity index (χ3n) is 3.03. The minimum Gasteiger partial charge on any atom is -0.289 e. The maximum Gasteiger partial charge on any atom is 0.194 e. The predicted octanol–water partition coefficient (Wildman–Crippen LogP) is 3.74. The predicted molar refractivity (Wildman–Crippen MR) is 71.5 cm³/mol. The molecule has 98 valence electrons. The smallest absolute Gasteiger partial charge is 0.194 e. The molecule has 0 atom stereocenters. The zero-order valence-corrected chi connectivity index (χ0v) is 10.3. The number of carbonyl (C=O) groups is 1. The Morgan fingerprint density at radius 3 is 2.50 bits per heavy atom. The molecule has 1 aromatic heterocycles. The van der Waals surface area contributed by atoms with E-state index in [2.05, 4.69) is 4.98 Å². The second-order valence-electron chi connectivity index (χ2n) is 4.37. The Bertz CT molecular complexity index is 814. The molecule has 0 aliphatic heterocycles. The van der Waals surface area contributed by atoms with Gasteiger partial charge in [-0.15, -0.1) is 0 Å². The monoisotopic (exact) mass is 269 g/mol. The fraction of sp³-hybridized carbons (Fsp3) is 0. The number of fused-ring (bicyclic) bond motifs is 1. The highest BCUT2D eigenvalue weighted by atomic mass is 19.2. The number of para-hydroxylation sites is 1. The standard InChI is InChI=1S/C16H9F2NO/c17-13-6-5-11(8-14(13)18)16(20)12-7-10-3-1-2-4-15(10)19-9-12/h1-9H. The number of benzene rings is 2. The van der Waals surface area contributed by atoms with Crippen molar-refractivity contribution in [2.45, 2.75) is 0 Å². The second kappa shape index (κ2) is 4.81. The van der Waals surface area contributed by atoms with Gasteiger partial charge in [-0.1, -0.05) is 18.2 Å². The summed E-state index contributed by atoms with van der Waals surface area (Å²) in [5.41, 5.74) is 1.21. The Balaban J connectivity index is 2.05. The van der Waals surface area contributed by atoms with Gasteiger partial charge in [-0.05, 0) is 30.3 Å². The molecule has 0 N–H and O–H groups in total. The van der Waals surface area contributed by atoms with E-state index in [4.69, 9.17) is 0 Å². The van der Waals surface area contributed by atoms with Crippen LogP contribution < -0.4 is 0 Å². The van der Waals surface area contributed by atoms with Crippen LogP contribution in [0.15, 0.2) is 54.7 Å². The lowest BCUT2D eigenvalue weighted by Crippen LogP contribution is -2.03. The minimum atomic E-state index is -1.04. The maximum atomic E-state index is 13.2. The number of halogens is 2. The first-order valence-electron chi connectivity index (χ1n) is 6.00. The summed E-state index contributed by atoms with van der Waals surface area (Å²) >= 11 is 0. The van der Waals surface area contributed by atoms with Crippen molar-refractivity contribution >= 4 is 16.7 Å². The van der Waals surface area contributed by atoms with Gasteiger partial charge in [0.15, 0.2) is 17.4 Å². The molecule has 0 bridgehead atoms. The summed E-state index contributed by atoms with van der Waals surface area (Å²) < 4.78 is 26.0. The quantitative estimate of drug-likeness (QED) is 0.663. The van der Waals surface area contributed by atoms with Crippen LogP contribution in [-0.2, 0) is 0 Å². The molecule has 2 nitrogen and oxygen atoms in total. The fourth-order valence-corrected chi connectivity index (χ4v) is 2.00. The second-order valence-corrected chi connectivity index (χ2v) is 4.37. The summed E-state index contributed by atoms with van der Waals surface area (Å²) in [6.07, 6.45) is 1.44. The molecule has 0 spiro atoms. The average Bonchev–Trinajstić information content (AvgIpc) is 2.49. The van der Waals surface area contributed by atoms with E-state index in [1.807, 2.05) is 24.3 Å². The molecule has 0 saturated carbocycles. The van der Waals surface area contributed by atoms with Gasteiger partial charge in [-0.25, -0.2) is 8.78 Å². The Kier molecular flexibility index (Phi) is 2.99. The van der Waals surface area contributed by atoms with Crippen molar-refractivity contribution in [3.63, 3.8) is 0 Å². The van der Waals surface area contributed by atoms with Gasteiger partial charge in [0, 0.05) is 22.7 Å². The van der Waals surface area contributed by atoms with Crippen LogP contribution in [0.3, 0.4) is 0 Å². The zero-order valence-electron chi connectivity index (χ0n) is 10.3.